The lowest BCUT2D eigenvalue weighted by Gasteiger charge is -2.16. The molecule has 0 heterocycles. The third-order valence-corrected chi connectivity index (χ3v) is 4.00. The molecule has 2 rings (SSSR count). The van der Waals surface area contributed by atoms with Crippen molar-refractivity contribution in [1.82, 2.24) is 5.32 Å². The van der Waals surface area contributed by atoms with Crippen LogP contribution in [0.2, 0.25) is 0 Å². The highest BCUT2D eigenvalue weighted by Gasteiger charge is 2.24. The number of aliphatic hydroxyl groups excluding tert-OH is 1. The van der Waals surface area contributed by atoms with Crippen LogP contribution < -0.4 is 10.1 Å². The summed E-state index contributed by atoms with van der Waals surface area (Å²) >= 11 is 1.73. The molecule has 17 heavy (non-hydrogen) atoms. The van der Waals surface area contributed by atoms with Crippen molar-refractivity contribution in [3.05, 3.63) is 24.3 Å². The van der Waals surface area contributed by atoms with E-state index in [9.17, 15) is 5.11 Å². The molecule has 2 N–H and O–H groups in total. The fourth-order valence-corrected chi connectivity index (χ4v) is 2.72. The maximum absolute atomic E-state index is 9.30. The van der Waals surface area contributed by atoms with Gasteiger partial charge in [0, 0.05) is 22.7 Å². The van der Waals surface area contributed by atoms with Crippen LogP contribution in [0.3, 0.4) is 0 Å². The van der Waals surface area contributed by atoms with Crippen LogP contribution in [0.1, 0.15) is 12.8 Å². The Morgan fingerprint density at radius 1 is 1.47 bits per heavy atom. The maximum atomic E-state index is 9.30. The summed E-state index contributed by atoms with van der Waals surface area (Å²) in [5.74, 6) is 1.77. The summed E-state index contributed by atoms with van der Waals surface area (Å²) in [6, 6.07) is 8.80. The van der Waals surface area contributed by atoms with Crippen LogP contribution in [0.4, 0.5) is 0 Å². The van der Waals surface area contributed by atoms with Gasteiger partial charge in [0.05, 0.1) is 13.7 Å². The monoisotopic (exact) mass is 253 g/mol. The van der Waals surface area contributed by atoms with Crippen molar-refractivity contribution in [3.63, 3.8) is 0 Å². The molecule has 1 aromatic carbocycles. The molecule has 1 atom stereocenters. The number of ether oxygens (including phenoxy) is 1. The molecule has 0 radical (unpaired) electrons. The quantitative estimate of drug-likeness (QED) is 0.728. The highest BCUT2D eigenvalue weighted by atomic mass is 32.2. The van der Waals surface area contributed by atoms with Gasteiger partial charge in [-0.1, -0.05) is 12.1 Å². The van der Waals surface area contributed by atoms with Crippen LogP contribution in [0.25, 0.3) is 0 Å². The first kappa shape index (κ1) is 12.7. The number of thioether (sulfide) groups is 1. The number of nitrogens with one attached hydrogen (secondary N) is 1. The van der Waals surface area contributed by atoms with Gasteiger partial charge in [0.1, 0.15) is 5.75 Å². The van der Waals surface area contributed by atoms with Crippen LogP contribution in [0, 0.1) is 0 Å². The Labute approximate surface area is 107 Å². The second-order valence-electron chi connectivity index (χ2n) is 4.28. The first-order valence-electron chi connectivity index (χ1n) is 5.96. The van der Waals surface area contributed by atoms with E-state index < -0.39 is 0 Å². The van der Waals surface area contributed by atoms with E-state index in [4.69, 9.17) is 4.74 Å². The van der Waals surface area contributed by atoms with E-state index in [0.29, 0.717) is 6.04 Å². The normalized spacial score (nSPS) is 16.8. The second kappa shape index (κ2) is 6.28. The molecule has 94 valence electrons. The Morgan fingerprint density at radius 3 is 2.88 bits per heavy atom. The van der Waals surface area contributed by atoms with E-state index in [0.717, 1.165) is 16.4 Å². The highest BCUT2D eigenvalue weighted by Crippen LogP contribution is 2.29. The molecule has 4 heteroatoms. The molecule has 1 aliphatic rings. The Kier molecular flexibility index (Phi) is 4.71. The van der Waals surface area contributed by atoms with E-state index >= 15 is 0 Å². The molecule has 1 aromatic rings. The number of methoxy groups -OCH3 is 1. The maximum Gasteiger partial charge on any atom is 0.132 e. The van der Waals surface area contributed by atoms with Gasteiger partial charge in [-0.05, 0) is 25.0 Å². The van der Waals surface area contributed by atoms with E-state index in [1.54, 1.807) is 18.9 Å². The van der Waals surface area contributed by atoms with Crippen LogP contribution >= 0.6 is 11.8 Å². The summed E-state index contributed by atoms with van der Waals surface area (Å²) < 4.78 is 5.30. The van der Waals surface area contributed by atoms with Crippen molar-refractivity contribution in [3.8, 4) is 5.75 Å². The fourth-order valence-electron chi connectivity index (χ4n) is 1.67. The third-order valence-electron chi connectivity index (χ3n) is 2.78. The highest BCUT2D eigenvalue weighted by molar-refractivity contribution is 7.99. The SMILES string of the molecule is COc1ccccc1SCC(CO)NC1CC1. The topological polar surface area (TPSA) is 41.5 Å². The summed E-state index contributed by atoms with van der Waals surface area (Å²) in [7, 11) is 1.69. The van der Waals surface area contributed by atoms with Gasteiger partial charge < -0.3 is 15.2 Å². The van der Waals surface area contributed by atoms with Gasteiger partial charge in [-0.3, -0.25) is 0 Å². The van der Waals surface area contributed by atoms with E-state index in [1.807, 2.05) is 18.2 Å². The standard InChI is InChI=1S/C13H19NO2S/c1-16-12-4-2-3-5-13(12)17-9-11(8-15)14-10-6-7-10/h2-5,10-11,14-15H,6-9H2,1H3. The minimum Gasteiger partial charge on any atom is -0.496 e. The first-order chi connectivity index (χ1) is 8.33. The van der Waals surface area contributed by atoms with Gasteiger partial charge in [0.25, 0.3) is 0 Å². The molecule has 0 saturated heterocycles. The average molecular weight is 253 g/mol. The van der Waals surface area contributed by atoms with Crippen LogP contribution in [0.15, 0.2) is 29.2 Å². The molecule has 0 aliphatic heterocycles. The summed E-state index contributed by atoms with van der Waals surface area (Å²) in [4.78, 5) is 1.13. The zero-order valence-corrected chi connectivity index (χ0v) is 10.9. The van der Waals surface area contributed by atoms with Gasteiger partial charge in [0.2, 0.25) is 0 Å². The summed E-state index contributed by atoms with van der Waals surface area (Å²) in [5.41, 5.74) is 0. The van der Waals surface area contributed by atoms with Gasteiger partial charge in [-0.25, -0.2) is 0 Å². The van der Waals surface area contributed by atoms with E-state index in [-0.39, 0.29) is 12.6 Å². The summed E-state index contributed by atoms with van der Waals surface area (Å²) in [6.45, 7) is 0.193. The lowest BCUT2D eigenvalue weighted by molar-refractivity contribution is 0.253. The molecule has 0 aromatic heterocycles. The predicted octanol–water partition coefficient (Wildman–Crippen LogP) is 1.90. The molecule has 1 aliphatic carbocycles. The van der Waals surface area contributed by atoms with Gasteiger partial charge >= 0.3 is 0 Å². The van der Waals surface area contributed by atoms with Crippen molar-refractivity contribution in [2.24, 2.45) is 0 Å². The first-order valence-corrected chi connectivity index (χ1v) is 6.94. The Morgan fingerprint density at radius 2 is 2.24 bits per heavy atom. The van der Waals surface area contributed by atoms with Gasteiger partial charge in [-0.15, -0.1) is 11.8 Å². The van der Waals surface area contributed by atoms with Crippen LogP contribution in [-0.4, -0.2) is 36.7 Å². The zero-order valence-electron chi connectivity index (χ0n) is 10.1. The number of hydrogen-bond acceptors (Lipinski definition) is 4. The molecule has 1 saturated carbocycles. The Bertz CT molecular complexity index is 355. The number of rotatable bonds is 7. The lowest BCUT2D eigenvalue weighted by atomic mass is 10.3. The van der Waals surface area contributed by atoms with E-state index in [2.05, 4.69) is 11.4 Å². The van der Waals surface area contributed by atoms with E-state index in [1.165, 1.54) is 12.8 Å². The molecule has 3 nitrogen and oxygen atoms in total. The smallest absolute Gasteiger partial charge is 0.132 e. The number of para-hydroxylation sites is 1. The average Bonchev–Trinajstić information content (AvgIpc) is 3.18. The number of aliphatic hydroxyl groups is 1. The zero-order chi connectivity index (χ0) is 12.1. The van der Waals surface area contributed by atoms with Crippen molar-refractivity contribution >= 4 is 11.8 Å². The van der Waals surface area contributed by atoms with Crippen LogP contribution in [-0.2, 0) is 0 Å². The minimum atomic E-state index is 0.178. The van der Waals surface area contributed by atoms with Crippen molar-refractivity contribution in [2.45, 2.75) is 29.8 Å². The lowest BCUT2D eigenvalue weighted by Crippen LogP contribution is -2.36. The number of hydrogen-bond donors (Lipinski definition) is 2. The van der Waals surface area contributed by atoms with Gasteiger partial charge in [-0.2, -0.15) is 0 Å². The number of benzene rings is 1. The van der Waals surface area contributed by atoms with Crippen molar-refractivity contribution in [2.75, 3.05) is 19.5 Å². The molecule has 0 bridgehead atoms. The molecular weight excluding hydrogens is 234 g/mol. The van der Waals surface area contributed by atoms with Crippen LogP contribution in [0.5, 0.6) is 5.75 Å². The Balaban J connectivity index is 1.86. The van der Waals surface area contributed by atoms with Gasteiger partial charge in [0.15, 0.2) is 0 Å². The fraction of sp³-hybridized carbons (Fsp3) is 0.538. The molecule has 1 fully saturated rings. The largest absolute Gasteiger partial charge is 0.496 e. The second-order valence-corrected chi connectivity index (χ2v) is 5.34. The van der Waals surface area contributed by atoms with Crippen molar-refractivity contribution in [1.29, 1.82) is 0 Å². The predicted molar refractivity (Wildman–Crippen MR) is 70.7 cm³/mol. The summed E-state index contributed by atoms with van der Waals surface area (Å²) in [5, 5.41) is 12.7. The minimum absolute atomic E-state index is 0.178. The van der Waals surface area contributed by atoms with Crippen molar-refractivity contribution < 1.29 is 9.84 Å². The third kappa shape index (κ3) is 3.91. The Hall–Kier alpha value is -0.710. The summed E-state index contributed by atoms with van der Waals surface area (Å²) in [6.07, 6.45) is 2.49. The molecule has 1 unspecified atom stereocenters. The molecule has 0 amide bonds. The molecule has 0 spiro atoms. The molecular formula is C13H19NO2S.